The van der Waals surface area contributed by atoms with Crippen LogP contribution in [0.25, 0.3) is 0 Å². The molecule has 0 bridgehead atoms. The zero-order valence-electron chi connectivity index (χ0n) is 10.8. The van der Waals surface area contributed by atoms with Crippen LogP contribution in [0, 0.1) is 23.3 Å². The lowest BCUT2D eigenvalue weighted by Crippen LogP contribution is -2.35. The number of nitrogens with one attached hydrogen (secondary N) is 2. The van der Waals surface area contributed by atoms with E-state index in [0.29, 0.717) is 6.07 Å². The van der Waals surface area contributed by atoms with Crippen LogP contribution in [-0.2, 0) is 0 Å². The Morgan fingerprint density at radius 1 is 0.864 bits per heavy atom. The van der Waals surface area contributed by atoms with Gasteiger partial charge in [0, 0.05) is 6.07 Å². The number of carbonyl (C=O) groups excluding carboxylic acids is 2. The van der Waals surface area contributed by atoms with E-state index in [-0.39, 0.29) is 0 Å². The number of urea groups is 1. The molecule has 0 aliphatic carbocycles. The second-order valence-corrected chi connectivity index (χ2v) is 4.13. The van der Waals surface area contributed by atoms with E-state index in [9.17, 15) is 27.2 Å². The molecular weight excluding hydrogens is 304 g/mol. The van der Waals surface area contributed by atoms with Gasteiger partial charge >= 0.3 is 6.03 Å². The Balaban J connectivity index is 2.10. The number of halogens is 4. The van der Waals surface area contributed by atoms with Gasteiger partial charge in [0.2, 0.25) is 0 Å². The summed E-state index contributed by atoms with van der Waals surface area (Å²) in [6, 6.07) is 3.85. The van der Waals surface area contributed by atoms with Gasteiger partial charge in [-0.2, -0.15) is 0 Å². The number of carbonyl (C=O) groups is 2. The summed E-state index contributed by atoms with van der Waals surface area (Å²) in [5, 5.41) is 3.56. The van der Waals surface area contributed by atoms with Crippen LogP contribution in [0.1, 0.15) is 10.4 Å². The molecule has 2 N–H and O–H groups in total. The molecule has 2 aromatic carbocycles. The number of rotatable bonds is 2. The van der Waals surface area contributed by atoms with Crippen molar-refractivity contribution in [3.8, 4) is 0 Å². The average molecular weight is 312 g/mol. The van der Waals surface area contributed by atoms with Gasteiger partial charge in [-0.1, -0.05) is 6.07 Å². The number of benzene rings is 2. The van der Waals surface area contributed by atoms with E-state index in [2.05, 4.69) is 0 Å². The third kappa shape index (κ3) is 3.40. The van der Waals surface area contributed by atoms with Crippen molar-refractivity contribution in [2.24, 2.45) is 0 Å². The topological polar surface area (TPSA) is 58.2 Å². The van der Waals surface area contributed by atoms with Gasteiger partial charge in [0.1, 0.15) is 28.8 Å². The first kappa shape index (κ1) is 15.5. The Hall–Kier alpha value is -2.90. The summed E-state index contributed by atoms with van der Waals surface area (Å²) in [6.45, 7) is 0. The van der Waals surface area contributed by atoms with E-state index < -0.39 is 46.5 Å². The molecule has 22 heavy (non-hydrogen) atoms. The number of anilines is 1. The van der Waals surface area contributed by atoms with Crippen molar-refractivity contribution in [2.75, 3.05) is 5.32 Å². The van der Waals surface area contributed by atoms with Gasteiger partial charge in [0.05, 0.1) is 5.69 Å². The summed E-state index contributed by atoms with van der Waals surface area (Å²) in [4.78, 5) is 23.1. The van der Waals surface area contributed by atoms with Crippen molar-refractivity contribution in [2.45, 2.75) is 0 Å². The van der Waals surface area contributed by atoms with E-state index in [1.807, 2.05) is 5.32 Å². The number of hydrogen-bond acceptors (Lipinski definition) is 2. The van der Waals surface area contributed by atoms with Gasteiger partial charge in [-0.3, -0.25) is 10.1 Å². The van der Waals surface area contributed by atoms with Crippen LogP contribution in [-0.4, -0.2) is 11.9 Å². The lowest BCUT2D eigenvalue weighted by molar-refractivity contribution is 0.0959. The van der Waals surface area contributed by atoms with Crippen molar-refractivity contribution in [1.82, 2.24) is 5.32 Å². The second kappa shape index (κ2) is 6.25. The predicted molar refractivity (Wildman–Crippen MR) is 69.2 cm³/mol. The summed E-state index contributed by atoms with van der Waals surface area (Å²) < 4.78 is 52.7. The standard InChI is InChI=1S/C14H8F4N2O2/c15-7-4-5-11(10(18)6-7)19-14(22)20-13(21)12-8(16)2-1-3-9(12)17/h1-6H,(H2,19,20,21,22). The molecule has 0 radical (unpaired) electrons. The molecule has 8 heteroatoms. The molecule has 0 aromatic heterocycles. The van der Waals surface area contributed by atoms with Crippen molar-refractivity contribution in [3.05, 3.63) is 65.2 Å². The van der Waals surface area contributed by atoms with Crippen molar-refractivity contribution >= 4 is 17.6 Å². The highest BCUT2D eigenvalue weighted by molar-refractivity contribution is 6.08. The van der Waals surface area contributed by atoms with Crippen molar-refractivity contribution < 1.29 is 27.2 Å². The monoisotopic (exact) mass is 312 g/mol. The first-order valence-corrected chi connectivity index (χ1v) is 5.90. The van der Waals surface area contributed by atoms with Gasteiger partial charge < -0.3 is 5.32 Å². The van der Waals surface area contributed by atoms with Crippen molar-refractivity contribution in [3.63, 3.8) is 0 Å². The van der Waals surface area contributed by atoms with Gasteiger partial charge in [-0.15, -0.1) is 0 Å². The maximum absolute atomic E-state index is 13.4. The Morgan fingerprint density at radius 2 is 1.50 bits per heavy atom. The normalized spacial score (nSPS) is 10.2. The molecule has 0 unspecified atom stereocenters. The van der Waals surface area contributed by atoms with E-state index in [4.69, 9.17) is 0 Å². The molecule has 0 saturated heterocycles. The fourth-order valence-electron chi connectivity index (χ4n) is 1.62. The van der Waals surface area contributed by atoms with Crippen LogP contribution in [0.2, 0.25) is 0 Å². The maximum atomic E-state index is 13.4. The molecule has 3 amide bonds. The largest absolute Gasteiger partial charge is 0.326 e. The Bertz CT molecular complexity index is 729. The molecule has 0 atom stereocenters. The fourth-order valence-corrected chi connectivity index (χ4v) is 1.62. The second-order valence-electron chi connectivity index (χ2n) is 4.13. The van der Waals surface area contributed by atoms with Crippen LogP contribution in [0.15, 0.2) is 36.4 Å². The minimum atomic E-state index is -1.34. The Labute approximate surface area is 121 Å². The third-order valence-electron chi connectivity index (χ3n) is 2.60. The highest BCUT2D eigenvalue weighted by Crippen LogP contribution is 2.15. The molecule has 0 heterocycles. The zero-order valence-corrected chi connectivity index (χ0v) is 10.8. The summed E-state index contributed by atoms with van der Waals surface area (Å²) in [6.07, 6.45) is 0. The third-order valence-corrected chi connectivity index (χ3v) is 2.60. The van der Waals surface area contributed by atoms with Crippen LogP contribution >= 0.6 is 0 Å². The van der Waals surface area contributed by atoms with Gasteiger partial charge in [0.15, 0.2) is 0 Å². The number of amides is 3. The first-order chi connectivity index (χ1) is 10.4. The Morgan fingerprint density at radius 3 is 2.09 bits per heavy atom. The van der Waals surface area contributed by atoms with Crippen LogP contribution < -0.4 is 10.6 Å². The Kier molecular flexibility index (Phi) is 4.40. The smallest absolute Gasteiger partial charge is 0.305 e. The molecule has 4 nitrogen and oxygen atoms in total. The summed E-state index contributed by atoms with van der Waals surface area (Å²) in [5.41, 5.74) is -1.35. The quantitative estimate of drug-likeness (QED) is 0.837. The summed E-state index contributed by atoms with van der Waals surface area (Å²) in [7, 11) is 0. The molecule has 0 spiro atoms. The molecule has 0 fully saturated rings. The number of hydrogen-bond donors (Lipinski definition) is 2. The van der Waals surface area contributed by atoms with E-state index in [1.54, 1.807) is 5.32 Å². The molecule has 114 valence electrons. The molecular formula is C14H8F4N2O2. The molecule has 2 rings (SSSR count). The average Bonchev–Trinajstić information content (AvgIpc) is 2.41. The van der Waals surface area contributed by atoms with Gasteiger partial charge in [0.25, 0.3) is 5.91 Å². The summed E-state index contributed by atoms with van der Waals surface area (Å²) in [5.74, 6) is -5.57. The zero-order chi connectivity index (χ0) is 16.3. The molecule has 0 aliphatic rings. The molecule has 0 aliphatic heterocycles. The van der Waals surface area contributed by atoms with Crippen LogP contribution in [0.4, 0.5) is 28.0 Å². The predicted octanol–water partition coefficient (Wildman–Crippen LogP) is 3.20. The maximum Gasteiger partial charge on any atom is 0.326 e. The van der Waals surface area contributed by atoms with E-state index in [0.717, 1.165) is 30.3 Å². The lowest BCUT2D eigenvalue weighted by atomic mass is 10.2. The van der Waals surface area contributed by atoms with Crippen LogP contribution in [0.5, 0.6) is 0 Å². The lowest BCUT2D eigenvalue weighted by Gasteiger charge is -2.08. The minimum Gasteiger partial charge on any atom is -0.305 e. The fraction of sp³-hybridized carbons (Fsp3) is 0. The van der Waals surface area contributed by atoms with Gasteiger partial charge in [-0.25, -0.2) is 22.4 Å². The highest BCUT2D eigenvalue weighted by atomic mass is 19.1. The first-order valence-electron chi connectivity index (χ1n) is 5.90. The van der Waals surface area contributed by atoms with E-state index in [1.165, 1.54) is 0 Å². The minimum absolute atomic E-state index is 0.402. The summed E-state index contributed by atoms with van der Waals surface area (Å²) >= 11 is 0. The molecule has 2 aromatic rings. The van der Waals surface area contributed by atoms with E-state index >= 15 is 0 Å². The molecule has 0 saturated carbocycles. The van der Waals surface area contributed by atoms with Crippen molar-refractivity contribution in [1.29, 1.82) is 0 Å². The number of imide groups is 1. The highest BCUT2D eigenvalue weighted by Gasteiger charge is 2.19. The SMILES string of the molecule is O=C(NC(=O)c1c(F)cccc1F)Nc1ccc(F)cc1F. The van der Waals surface area contributed by atoms with Gasteiger partial charge in [-0.05, 0) is 24.3 Å². The van der Waals surface area contributed by atoms with Crippen LogP contribution in [0.3, 0.4) is 0 Å².